The standard InChI is InChI=1S/C20H22N2O5/c1-20(2,3)27-19(24)21-13-15-7-4-6-14(10-15)11-18(23)16-8-5-9-17(12-16)22(25)26/h4-10,12H,11,13H2,1-3H3,(H,21,24). The number of amides is 1. The minimum Gasteiger partial charge on any atom is -0.444 e. The predicted molar refractivity (Wildman–Crippen MR) is 101 cm³/mol. The van der Waals surface area contributed by atoms with E-state index in [1.165, 1.54) is 18.2 Å². The molecule has 0 aliphatic rings. The van der Waals surface area contributed by atoms with Gasteiger partial charge >= 0.3 is 6.09 Å². The average molecular weight is 370 g/mol. The van der Waals surface area contributed by atoms with Gasteiger partial charge in [0.1, 0.15) is 5.60 Å². The number of nitro groups is 1. The lowest BCUT2D eigenvalue weighted by Gasteiger charge is -2.19. The molecular weight excluding hydrogens is 348 g/mol. The van der Waals surface area contributed by atoms with Gasteiger partial charge in [0, 0.05) is 30.7 Å². The lowest BCUT2D eigenvalue weighted by molar-refractivity contribution is -0.384. The molecule has 0 aliphatic carbocycles. The summed E-state index contributed by atoms with van der Waals surface area (Å²) < 4.78 is 5.18. The van der Waals surface area contributed by atoms with Gasteiger partial charge in [-0.1, -0.05) is 36.4 Å². The third-order valence-electron chi connectivity index (χ3n) is 3.57. The molecule has 1 N–H and O–H groups in total. The number of Topliss-reactive ketones (excluding diaryl/α,β-unsaturated/α-hetero) is 1. The number of ether oxygens (including phenoxy) is 1. The van der Waals surface area contributed by atoms with Crippen molar-refractivity contribution in [2.45, 2.75) is 39.3 Å². The number of nitrogens with one attached hydrogen (secondary N) is 1. The molecular formula is C20H22N2O5. The molecule has 0 aliphatic heterocycles. The molecule has 2 rings (SSSR count). The molecule has 2 aromatic carbocycles. The minimum absolute atomic E-state index is 0.113. The summed E-state index contributed by atoms with van der Waals surface area (Å²) in [6.45, 7) is 5.62. The van der Waals surface area contributed by atoms with Crippen LogP contribution in [-0.4, -0.2) is 22.4 Å². The first kappa shape index (κ1) is 20.1. The highest BCUT2D eigenvalue weighted by molar-refractivity contribution is 5.98. The Morgan fingerprint density at radius 2 is 1.74 bits per heavy atom. The van der Waals surface area contributed by atoms with Gasteiger partial charge in [0.05, 0.1) is 4.92 Å². The van der Waals surface area contributed by atoms with Gasteiger partial charge < -0.3 is 10.1 Å². The van der Waals surface area contributed by atoms with Gasteiger partial charge in [-0.25, -0.2) is 4.79 Å². The fraction of sp³-hybridized carbons (Fsp3) is 0.300. The van der Waals surface area contributed by atoms with Gasteiger partial charge in [-0.15, -0.1) is 0 Å². The van der Waals surface area contributed by atoms with E-state index < -0.39 is 16.6 Å². The molecule has 7 nitrogen and oxygen atoms in total. The van der Waals surface area contributed by atoms with Crippen molar-refractivity contribution in [3.8, 4) is 0 Å². The molecule has 0 atom stereocenters. The summed E-state index contributed by atoms with van der Waals surface area (Å²) in [4.78, 5) is 34.4. The Labute approximate surface area is 157 Å². The van der Waals surface area contributed by atoms with E-state index in [0.717, 1.165) is 11.1 Å². The first-order valence-electron chi connectivity index (χ1n) is 8.46. The summed E-state index contributed by atoms with van der Waals surface area (Å²) in [5.74, 6) is -0.212. The van der Waals surface area contributed by atoms with Gasteiger partial charge in [-0.2, -0.15) is 0 Å². The van der Waals surface area contributed by atoms with Crippen LogP contribution in [0.2, 0.25) is 0 Å². The molecule has 0 fully saturated rings. The van der Waals surface area contributed by atoms with Crippen molar-refractivity contribution in [2.75, 3.05) is 0 Å². The molecule has 0 spiro atoms. The van der Waals surface area contributed by atoms with E-state index in [-0.39, 0.29) is 24.4 Å². The number of carbonyl (C=O) groups is 2. The first-order chi connectivity index (χ1) is 12.6. The molecule has 2 aromatic rings. The lowest BCUT2D eigenvalue weighted by atomic mass is 10.0. The second-order valence-electron chi connectivity index (χ2n) is 7.08. The maximum absolute atomic E-state index is 12.4. The Bertz CT molecular complexity index is 855. The van der Waals surface area contributed by atoms with E-state index in [4.69, 9.17) is 4.74 Å². The van der Waals surface area contributed by atoms with Crippen LogP contribution >= 0.6 is 0 Å². The highest BCUT2D eigenvalue weighted by Crippen LogP contribution is 2.16. The zero-order chi connectivity index (χ0) is 20.0. The fourth-order valence-electron chi connectivity index (χ4n) is 2.42. The van der Waals surface area contributed by atoms with E-state index in [1.54, 1.807) is 39.0 Å². The number of nitrogens with zero attached hydrogens (tertiary/aromatic N) is 1. The van der Waals surface area contributed by atoms with Gasteiger partial charge in [0.25, 0.3) is 5.69 Å². The third-order valence-corrected chi connectivity index (χ3v) is 3.57. The van der Waals surface area contributed by atoms with Crippen LogP contribution in [0.5, 0.6) is 0 Å². The summed E-state index contributed by atoms with van der Waals surface area (Å²) in [5.41, 5.74) is 1.19. The maximum atomic E-state index is 12.4. The van der Waals surface area contributed by atoms with Gasteiger partial charge in [0.15, 0.2) is 5.78 Å². The Morgan fingerprint density at radius 3 is 2.41 bits per heavy atom. The van der Waals surface area contributed by atoms with Gasteiger partial charge in [0.2, 0.25) is 0 Å². The highest BCUT2D eigenvalue weighted by atomic mass is 16.6. The molecule has 0 saturated carbocycles. The SMILES string of the molecule is CC(C)(C)OC(=O)NCc1cccc(CC(=O)c2cccc([N+](=O)[O-])c2)c1. The second kappa shape index (κ2) is 8.44. The molecule has 0 saturated heterocycles. The van der Waals surface area contributed by atoms with Crippen molar-refractivity contribution in [3.63, 3.8) is 0 Å². The molecule has 0 aromatic heterocycles. The molecule has 1 amide bonds. The van der Waals surface area contributed by atoms with E-state index in [0.29, 0.717) is 5.56 Å². The smallest absolute Gasteiger partial charge is 0.407 e. The summed E-state index contributed by atoms with van der Waals surface area (Å²) >= 11 is 0. The topological polar surface area (TPSA) is 98.5 Å². The summed E-state index contributed by atoms with van der Waals surface area (Å²) in [6, 6.07) is 12.9. The Hall–Kier alpha value is -3.22. The number of nitro benzene ring substituents is 1. The number of hydrogen-bond acceptors (Lipinski definition) is 5. The largest absolute Gasteiger partial charge is 0.444 e. The fourth-order valence-corrected chi connectivity index (χ4v) is 2.42. The number of carbonyl (C=O) groups excluding carboxylic acids is 2. The maximum Gasteiger partial charge on any atom is 0.407 e. The van der Waals surface area contributed by atoms with Crippen molar-refractivity contribution in [1.82, 2.24) is 5.32 Å². The minimum atomic E-state index is -0.573. The molecule has 0 heterocycles. The van der Waals surface area contributed by atoms with Crippen molar-refractivity contribution < 1.29 is 19.2 Å². The zero-order valence-corrected chi connectivity index (χ0v) is 15.5. The van der Waals surface area contributed by atoms with Crippen molar-refractivity contribution in [1.29, 1.82) is 0 Å². The Kier molecular flexibility index (Phi) is 6.28. The van der Waals surface area contributed by atoms with Crippen LogP contribution in [0.4, 0.5) is 10.5 Å². The van der Waals surface area contributed by atoms with E-state index >= 15 is 0 Å². The van der Waals surface area contributed by atoms with Crippen LogP contribution in [0, 0.1) is 10.1 Å². The Morgan fingerprint density at radius 1 is 1.07 bits per heavy atom. The first-order valence-corrected chi connectivity index (χ1v) is 8.46. The number of ketones is 1. The molecule has 7 heteroatoms. The predicted octanol–water partition coefficient (Wildman–Crippen LogP) is 4.04. The Balaban J connectivity index is 2.01. The van der Waals surface area contributed by atoms with E-state index in [1.807, 2.05) is 12.1 Å². The van der Waals surface area contributed by atoms with Crippen molar-refractivity contribution in [3.05, 3.63) is 75.3 Å². The number of hydrogen-bond donors (Lipinski definition) is 1. The third kappa shape index (κ3) is 6.54. The number of non-ortho nitro benzene ring substituents is 1. The van der Waals surface area contributed by atoms with Crippen LogP contribution < -0.4 is 5.32 Å². The van der Waals surface area contributed by atoms with Crippen molar-refractivity contribution >= 4 is 17.6 Å². The monoisotopic (exact) mass is 370 g/mol. The van der Waals surface area contributed by atoms with E-state index in [9.17, 15) is 19.7 Å². The van der Waals surface area contributed by atoms with Crippen LogP contribution in [0.3, 0.4) is 0 Å². The van der Waals surface area contributed by atoms with Crippen LogP contribution in [0.25, 0.3) is 0 Å². The van der Waals surface area contributed by atoms with Crippen LogP contribution in [0.15, 0.2) is 48.5 Å². The number of alkyl carbamates (subject to hydrolysis) is 1. The zero-order valence-electron chi connectivity index (χ0n) is 15.5. The number of rotatable bonds is 6. The van der Waals surface area contributed by atoms with Crippen molar-refractivity contribution in [2.24, 2.45) is 0 Å². The lowest BCUT2D eigenvalue weighted by Crippen LogP contribution is -2.32. The normalized spacial score (nSPS) is 10.9. The van der Waals surface area contributed by atoms with E-state index in [2.05, 4.69) is 5.32 Å². The summed E-state index contributed by atoms with van der Waals surface area (Å²) in [6.07, 6.45) is -0.401. The average Bonchev–Trinajstić information content (AvgIpc) is 2.59. The second-order valence-corrected chi connectivity index (χ2v) is 7.08. The molecule has 0 unspecified atom stereocenters. The number of benzene rings is 2. The molecule has 27 heavy (non-hydrogen) atoms. The van der Waals surface area contributed by atoms with Gasteiger partial charge in [-0.05, 0) is 31.9 Å². The van der Waals surface area contributed by atoms with Crippen LogP contribution in [0.1, 0.15) is 42.3 Å². The molecule has 0 bridgehead atoms. The summed E-state index contributed by atoms with van der Waals surface area (Å²) in [5, 5.41) is 13.5. The quantitative estimate of drug-likeness (QED) is 0.470. The summed E-state index contributed by atoms with van der Waals surface area (Å²) in [7, 11) is 0. The highest BCUT2D eigenvalue weighted by Gasteiger charge is 2.16. The van der Waals surface area contributed by atoms with Crippen LogP contribution in [-0.2, 0) is 17.7 Å². The molecule has 142 valence electrons. The van der Waals surface area contributed by atoms with Gasteiger partial charge in [-0.3, -0.25) is 14.9 Å². The molecule has 0 radical (unpaired) electrons.